The number of likely N-dealkylation sites (tertiary alicyclic amines) is 1. The van der Waals surface area contributed by atoms with E-state index in [0.29, 0.717) is 12.1 Å². The topological polar surface area (TPSA) is 42.9 Å². The van der Waals surface area contributed by atoms with Crippen molar-refractivity contribution in [3.05, 3.63) is 65.7 Å². The Hall–Kier alpha value is -1.80. The molecule has 0 aromatic heterocycles. The van der Waals surface area contributed by atoms with Gasteiger partial charge in [-0.05, 0) is 43.0 Å². The smallest absolute Gasteiger partial charge is 0.191 e. The summed E-state index contributed by atoms with van der Waals surface area (Å²) in [6, 6.07) is 20.4. The van der Waals surface area contributed by atoms with E-state index in [4.69, 9.17) is 0 Å². The molecule has 0 amide bonds. The maximum atomic E-state index is 4.43. The summed E-state index contributed by atoms with van der Waals surface area (Å²) in [5.41, 5.74) is 3.86. The van der Waals surface area contributed by atoms with E-state index in [2.05, 4.69) is 101 Å². The molecule has 2 N–H and O–H groups in total. The second-order valence-corrected chi connectivity index (χ2v) is 8.16. The van der Waals surface area contributed by atoms with E-state index in [0.717, 1.165) is 38.4 Å². The summed E-state index contributed by atoms with van der Waals surface area (Å²) in [5.74, 6) is 0.885. The molecule has 2 aromatic rings. The van der Waals surface area contributed by atoms with Crippen LogP contribution in [0.2, 0.25) is 0 Å². The van der Waals surface area contributed by atoms with Gasteiger partial charge in [-0.1, -0.05) is 42.5 Å². The summed E-state index contributed by atoms with van der Waals surface area (Å²) < 4.78 is 0. The summed E-state index contributed by atoms with van der Waals surface area (Å²) in [6.45, 7) is 5.25. The lowest BCUT2D eigenvalue weighted by molar-refractivity contribution is 0.134. The lowest BCUT2D eigenvalue weighted by Gasteiger charge is -2.38. The fourth-order valence-electron chi connectivity index (χ4n) is 3.89. The van der Waals surface area contributed by atoms with Crippen LogP contribution in [0.15, 0.2) is 59.6 Å². The van der Waals surface area contributed by atoms with Gasteiger partial charge in [0.25, 0.3) is 0 Å². The van der Waals surface area contributed by atoms with Crippen molar-refractivity contribution in [2.24, 2.45) is 4.99 Å². The van der Waals surface area contributed by atoms with Gasteiger partial charge in [0.1, 0.15) is 0 Å². The number of anilines is 1. The van der Waals surface area contributed by atoms with Gasteiger partial charge in [-0.2, -0.15) is 0 Å². The summed E-state index contributed by atoms with van der Waals surface area (Å²) >= 11 is 0. The zero-order valence-electron chi connectivity index (χ0n) is 18.6. The van der Waals surface area contributed by atoms with E-state index in [1.54, 1.807) is 0 Å². The normalized spacial score (nSPS) is 19.7. The summed E-state index contributed by atoms with van der Waals surface area (Å²) in [7, 11) is 5.97. The molecule has 1 heterocycles. The van der Waals surface area contributed by atoms with Crippen molar-refractivity contribution in [2.75, 3.05) is 32.6 Å². The highest BCUT2D eigenvalue weighted by Crippen LogP contribution is 2.20. The SMILES string of the molecule is CN=C(NCc1ccc(N(C)C)cc1)NC1CCN(Cc2ccccc2)C(C)C1.I. The first kappa shape index (κ1) is 24.5. The molecule has 5 nitrogen and oxygen atoms in total. The third-order valence-corrected chi connectivity index (χ3v) is 5.72. The Labute approximate surface area is 199 Å². The monoisotopic (exact) mass is 521 g/mol. The van der Waals surface area contributed by atoms with Crippen molar-refractivity contribution < 1.29 is 0 Å². The highest BCUT2D eigenvalue weighted by Gasteiger charge is 2.25. The highest BCUT2D eigenvalue weighted by atomic mass is 127. The zero-order valence-corrected chi connectivity index (χ0v) is 21.0. The van der Waals surface area contributed by atoms with Gasteiger partial charge >= 0.3 is 0 Å². The number of benzene rings is 2. The highest BCUT2D eigenvalue weighted by molar-refractivity contribution is 14.0. The molecule has 0 bridgehead atoms. The van der Waals surface area contributed by atoms with Crippen LogP contribution in [0.25, 0.3) is 0 Å². The van der Waals surface area contributed by atoms with Crippen molar-refractivity contribution in [1.82, 2.24) is 15.5 Å². The number of aliphatic imine (C=N–C) groups is 1. The summed E-state index contributed by atoms with van der Waals surface area (Å²) in [4.78, 5) is 9.12. The minimum absolute atomic E-state index is 0. The number of halogens is 1. The van der Waals surface area contributed by atoms with Crippen molar-refractivity contribution in [3.63, 3.8) is 0 Å². The summed E-state index contributed by atoms with van der Waals surface area (Å²) in [5, 5.41) is 7.08. The zero-order chi connectivity index (χ0) is 20.6. The molecule has 1 aliphatic heterocycles. The number of piperidine rings is 1. The Morgan fingerprint density at radius 2 is 1.77 bits per heavy atom. The first-order valence-corrected chi connectivity index (χ1v) is 10.6. The van der Waals surface area contributed by atoms with Gasteiger partial charge in [0.2, 0.25) is 0 Å². The Balaban J connectivity index is 0.00000320. The standard InChI is InChI=1S/C24H35N5.HI/c1-19-16-22(14-15-29(19)18-21-8-6-5-7-9-21)27-24(25-2)26-17-20-10-12-23(13-11-20)28(3)4;/h5-13,19,22H,14-18H2,1-4H3,(H2,25,26,27);1H. The van der Waals surface area contributed by atoms with Crippen molar-refractivity contribution >= 4 is 35.6 Å². The van der Waals surface area contributed by atoms with E-state index in [-0.39, 0.29) is 24.0 Å². The molecule has 2 unspecified atom stereocenters. The van der Waals surface area contributed by atoms with Crippen LogP contribution in [0.5, 0.6) is 0 Å². The molecule has 164 valence electrons. The molecule has 2 atom stereocenters. The Kier molecular flexibility index (Phi) is 9.91. The molecular formula is C24H36IN5. The van der Waals surface area contributed by atoms with Crippen molar-refractivity contribution in [2.45, 2.75) is 44.9 Å². The van der Waals surface area contributed by atoms with Gasteiger partial charge in [-0.3, -0.25) is 9.89 Å². The molecule has 1 saturated heterocycles. The first-order valence-electron chi connectivity index (χ1n) is 10.6. The van der Waals surface area contributed by atoms with E-state index in [9.17, 15) is 0 Å². The second-order valence-electron chi connectivity index (χ2n) is 8.16. The number of nitrogens with zero attached hydrogens (tertiary/aromatic N) is 3. The van der Waals surface area contributed by atoms with Crippen molar-refractivity contribution in [1.29, 1.82) is 0 Å². The van der Waals surface area contributed by atoms with Gasteiger partial charge in [-0.15, -0.1) is 24.0 Å². The van der Waals surface area contributed by atoms with Crippen LogP contribution in [-0.4, -0.2) is 50.6 Å². The maximum Gasteiger partial charge on any atom is 0.191 e. The molecule has 2 aromatic carbocycles. The second kappa shape index (κ2) is 12.2. The van der Waals surface area contributed by atoms with E-state index >= 15 is 0 Å². The molecule has 1 fully saturated rings. The van der Waals surface area contributed by atoms with Gasteiger partial charge in [0, 0.05) is 58.5 Å². The molecular weight excluding hydrogens is 485 g/mol. The van der Waals surface area contributed by atoms with Crippen LogP contribution in [0, 0.1) is 0 Å². The fourth-order valence-corrected chi connectivity index (χ4v) is 3.89. The minimum Gasteiger partial charge on any atom is -0.378 e. The van der Waals surface area contributed by atoms with E-state index < -0.39 is 0 Å². The number of rotatable bonds is 6. The van der Waals surface area contributed by atoms with Gasteiger partial charge < -0.3 is 15.5 Å². The van der Waals surface area contributed by atoms with E-state index in [1.807, 2.05) is 7.05 Å². The average Bonchev–Trinajstić information content (AvgIpc) is 2.74. The van der Waals surface area contributed by atoms with Crippen LogP contribution in [0.4, 0.5) is 5.69 Å². The molecule has 6 heteroatoms. The fraction of sp³-hybridized carbons (Fsp3) is 0.458. The number of hydrogen-bond acceptors (Lipinski definition) is 3. The molecule has 0 saturated carbocycles. The van der Waals surface area contributed by atoms with Gasteiger partial charge in [0.15, 0.2) is 5.96 Å². The molecule has 30 heavy (non-hydrogen) atoms. The van der Waals surface area contributed by atoms with Crippen LogP contribution in [-0.2, 0) is 13.1 Å². The largest absolute Gasteiger partial charge is 0.378 e. The number of hydrogen-bond donors (Lipinski definition) is 2. The maximum absolute atomic E-state index is 4.43. The average molecular weight is 521 g/mol. The van der Waals surface area contributed by atoms with Crippen LogP contribution < -0.4 is 15.5 Å². The molecule has 1 aliphatic rings. The Morgan fingerprint density at radius 3 is 2.37 bits per heavy atom. The minimum atomic E-state index is 0. The van der Waals surface area contributed by atoms with Gasteiger partial charge in [-0.25, -0.2) is 0 Å². The predicted octanol–water partition coefficient (Wildman–Crippen LogP) is 4.09. The Bertz CT molecular complexity index is 776. The molecule has 0 spiro atoms. The predicted molar refractivity (Wildman–Crippen MR) is 139 cm³/mol. The first-order chi connectivity index (χ1) is 14.0. The lowest BCUT2D eigenvalue weighted by Crippen LogP contribution is -2.51. The number of guanidine groups is 1. The van der Waals surface area contributed by atoms with Crippen LogP contribution in [0.3, 0.4) is 0 Å². The Morgan fingerprint density at radius 1 is 1.07 bits per heavy atom. The van der Waals surface area contributed by atoms with Crippen LogP contribution >= 0.6 is 24.0 Å². The van der Waals surface area contributed by atoms with E-state index in [1.165, 1.54) is 16.8 Å². The summed E-state index contributed by atoms with van der Waals surface area (Å²) in [6.07, 6.45) is 2.26. The molecule has 0 aliphatic carbocycles. The third kappa shape index (κ3) is 7.16. The quantitative estimate of drug-likeness (QED) is 0.342. The molecule has 3 rings (SSSR count). The number of nitrogens with one attached hydrogen (secondary N) is 2. The lowest BCUT2D eigenvalue weighted by atomic mass is 9.97. The van der Waals surface area contributed by atoms with Crippen LogP contribution in [0.1, 0.15) is 30.9 Å². The third-order valence-electron chi connectivity index (χ3n) is 5.72. The van der Waals surface area contributed by atoms with Crippen molar-refractivity contribution in [3.8, 4) is 0 Å². The molecule has 0 radical (unpaired) electrons. The van der Waals surface area contributed by atoms with Gasteiger partial charge in [0.05, 0.1) is 0 Å².